The fourth-order valence-electron chi connectivity index (χ4n) is 3.13. The third-order valence-corrected chi connectivity index (χ3v) is 6.63. The third kappa shape index (κ3) is 4.62. The monoisotopic (exact) mass is 484 g/mol. The molecule has 4 amide bonds. The molecule has 1 aromatic rings. The summed E-state index contributed by atoms with van der Waals surface area (Å²) < 4.78 is 4.88. The summed E-state index contributed by atoms with van der Waals surface area (Å²) in [4.78, 5) is 65.3. The van der Waals surface area contributed by atoms with Crippen LogP contribution in [0.5, 0.6) is 0 Å². The van der Waals surface area contributed by atoms with E-state index in [0.29, 0.717) is 0 Å². The van der Waals surface area contributed by atoms with Crippen LogP contribution >= 0.6 is 23.1 Å². The summed E-state index contributed by atoms with van der Waals surface area (Å²) >= 11 is 2.30. The Morgan fingerprint density at radius 2 is 2.12 bits per heavy atom. The molecule has 0 radical (unpaired) electrons. The molecule has 32 heavy (non-hydrogen) atoms. The van der Waals surface area contributed by atoms with Crippen LogP contribution in [0.2, 0.25) is 0 Å². The molecule has 0 bridgehead atoms. The van der Waals surface area contributed by atoms with Crippen LogP contribution in [0, 0.1) is 0 Å². The smallest absolute Gasteiger partial charge is 0.352 e. The molecule has 1 aromatic heterocycles. The van der Waals surface area contributed by atoms with Crippen LogP contribution in [-0.4, -0.2) is 75.6 Å². The lowest BCUT2D eigenvalue weighted by atomic mass is 10.0. The van der Waals surface area contributed by atoms with Gasteiger partial charge in [-0.25, -0.2) is 14.6 Å². The Kier molecular flexibility index (Phi) is 6.88. The van der Waals surface area contributed by atoms with E-state index in [1.54, 1.807) is 0 Å². The number of hydrogen-bond acceptors (Lipinski definition) is 10. The lowest BCUT2D eigenvalue weighted by Crippen LogP contribution is -2.71. The van der Waals surface area contributed by atoms with Gasteiger partial charge in [-0.05, 0) is 0 Å². The number of thioether (sulfide) groups is 1. The first-order valence-electron chi connectivity index (χ1n) is 9.17. The summed E-state index contributed by atoms with van der Waals surface area (Å²) in [5.74, 6) is -3.06. The Hall–Kier alpha value is -3.33. The van der Waals surface area contributed by atoms with Crippen molar-refractivity contribution < 1.29 is 33.8 Å². The topological polar surface area (TPSA) is 193 Å². The zero-order valence-corrected chi connectivity index (χ0v) is 18.5. The highest BCUT2D eigenvalue weighted by Crippen LogP contribution is 2.40. The molecule has 2 aliphatic heterocycles. The molecule has 0 aromatic carbocycles. The number of carbonyl (C=O) groups is 5. The number of anilines is 1. The van der Waals surface area contributed by atoms with Crippen LogP contribution in [0.25, 0.3) is 0 Å². The molecule has 0 aliphatic carbocycles. The number of rotatable bonds is 7. The molecule has 1 saturated heterocycles. The number of thiazole rings is 1. The summed E-state index contributed by atoms with van der Waals surface area (Å²) in [6, 6.07) is -2.87. The van der Waals surface area contributed by atoms with E-state index in [0.717, 1.165) is 16.2 Å². The number of aliphatic carboxylic acids is 1. The molecule has 6 N–H and O–H groups in total. The maximum atomic E-state index is 12.9. The number of nitrogens with zero attached hydrogens (tertiary/aromatic N) is 2. The predicted octanol–water partition coefficient (Wildman–Crippen LogP) is -1.00. The van der Waals surface area contributed by atoms with Gasteiger partial charge in [0.05, 0.1) is 5.69 Å². The minimum atomic E-state index is -1.34. The van der Waals surface area contributed by atoms with Gasteiger partial charge in [-0.1, -0.05) is 0 Å². The molecule has 2 aliphatic rings. The molecule has 2 unspecified atom stereocenters. The molecule has 0 spiro atoms. The number of urea groups is 1. The van der Waals surface area contributed by atoms with Crippen molar-refractivity contribution in [2.24, 2.45) is 0 Å². The molecule has 13 nitrogen and oxygen atoms in total. The van der Waals surface area contributed by atoms with Gasteiger partial charge >= 0.3 is 18.0 Å². The first-order chi connectivity index (χ1) is 15.1. The zero-order valence-electron chi connectivity index (χ0n) is 16.9. The van der Waals surface area contributed by atoms with E-state index in [4.69, 9.17) is 10.5 Å². The minimum Gasteiger partial charge on any atom is -0.477 e. The normalized spacial score (nSPS) is 20.6. The molecular weight excluding hydrogens is 464 g/mol. The lowest BCUT2D eigenvalue weighted by Gasteiger charge is -2.49. The zero-order chi connectivity index (χ0) is 23.6. The van der Waals surface area contributed by atoms with Crippen molar-refractivity contribution in [3.63, 3.8) is 0 Å². The fraction of sp³-hybridized carbons (Fsp3) is 0.412. The second-order valence-corrected chi connectivity index (χ2v) is 8.70. The number of amides is 4. The second kappa shape index (κ2) is 9.44. The van der Waals surface area contributed by atoms with Gasteiger partial charge in [0.25, 0.3) is 5.91 Å². The summed E-state index contributed by atoms with van der Waals surface area (Å²) in [6.07, 6.45) is 0. The molecular formula is C17H20N6O7S2. The number of carbonyl (C=O) groups excluding carboxylic acids is 4. The van der Waals surface area contributed by atoms with Crippen LogP contribution in [0.4, 0.5) is 9.93 Å². The number of esters is 1. The highest BCUT2D eigenvalue weighted by atomic mass is 32.2. The van der Waals surface area contributed by atoms with E-state index >= 15 is 0 Å². The summed E-state index contributed by atoms with van der Waals surface area (Å²) in [5, 5.41) is 18.0. The maximum Gasteiger partial charge on any atom is 0.352 e. The molecule has 0 saturated carbocycles. The largest absolute Gasteiger partial charge is 0.477 e. The molecule has 172 valence electrons. The number of nitrogens with two attached hydrogens (primary N) is 1. The summed E-state index contributed by atoms with van der Waals surface area (Å²) in [7, 11) is 1.37. The van der Waals surface area contributed by atoms with Crippen LogP contribution in [-0.2, 0) is 23.9 Å². The first kappa shape index (κ1) is 23.3. The standard InChI is InChI=1S/C17H20N6O7S2/c1-6(24)30-3-7-4-31-14-10(13(26)23(14)11(7)15(27)28)21-12(25)9(22-17(29)19-2)8-5-32-16(18)20-8/h5,9-10,14H,3-4H2,1-2H3,(H2,18,20)(H,21,25)(H,27,28)(H2,19,22,29)/t9?,10?,14-/m0/s1. The molecule has 3 atom stereocenters. The SMILES string of the molecule is CNC(=O)NC(C(=O)NC1C(=O)N2C(C(=O)O)=C(COC(C)=O)CS[C@@H]12)c1csc(N)n1. The van der Waals surface area contributed by atoms with Gasteiger partial charge in [0.1, 0.15) is 23.7 Å². The van der Waals surface area contributed by atoms with Gasteiger partial charge in [0, 0.05) is 30.7 Å². The Bertz CT molecular complexity index is 1010. The van der Waals surface area contributed by atoms with Crippen LogP contribution in [0.1, 0.15) is 18.7 Å². The quantitative estimate of drug-likeness (QED) is 0.237. The van der Waals surface area contributed by atoms with Crippen molar-refractivity contribution in [3.8, 4) is 0 Å². The number of aromatic nitrogens is 1. The van der Waals surface area contributed by atoms with Gasteiger partial charge in [0.15, 0.2) is 11.2 Å². The number of β-lactam (4-membered cyclic amide) rings is 1. The number of hydrogen-bond donors (Lipinski definition) is 5. The second-order valence-electron chi connectivity index (χ2n) is 6.70. The number of carboxylic acids is 1. The summed E-state index contributed by atoms with van der Waals surface area (Å²) in [6.45, 7) is 0.945. The van der Waals surface area contributed by atoms with Crippen molar-refractivity contribution in [2.45, 2.75) is 24.4 Å². The van der Waals surface area contributed by atoms with Crippen molar-refractivity contribution in [1.82, 2.24) is 25.8 Å². The van der Waals surface area contributed by atoms with Crippen molar-refractivity contribution in [1.29, 1.82) is 0 Å². The number of nitrogen functional groups attached to an aromatic ring is 1. The van der Waals surface area contributed by atoms with Gasteiger partial charge in [-0.2, -0.15) is 0 Å². The molecule has 3 rings (SSSR count). The molecule has 15 heteroatoms. The summed E-state index contributed by atoms with van der Waals surface area (Å²) in [5.41, 5.74) is 5.83. The Balaban J connectivity index is 1.77. The van der Waals surface area contributed by atoms with Gasteiger partial charge in [0.2, 0.25) is 5.91 Å². The van der Waals surface area contributed by atoms with E-state index in [1.165, 1.54) is 31.1 Å². The number of carboxylic acid groups (broad SMARTS) is 1. The van der Waals surface area contributed by atoms with Crippen LogP contribution in [0.3, 0.4) is 0 Å². The van der Waals surface area contributed by atoms with Crippen LogP contribution < -0.4 is 21.7 Å². The van der Waals surface area contributed by atoms with E-state index in [-0.39, 0.29) is 34.5 Å². The number of fused-ring (bicyclic) bond motifs is 1. The molecule has 1 fully saturated rings. The maximum absolute atomic E-state index is 12.9. The average molecular weight is 485 g/mol. The fourth-order valence-corrected chi connectivity index (χ4v) is 5.05. The van der Waals surface area contributed by atoms with Gasteiger partial charge in [-0.15, -0.1) is 23.1 Å². The minimum absolute atomic E-state index is 0.193. The molecule has 3 heterocycles. The van der Waals surface area contributed by atoms with E-state index < -0.39 is 47.2 Å². The average Bonchev–Trinajstić information content (AvgIpc) is 3.18. The van der Waals surface area contributed by atoms with Gasteiger partial charge in [-0.3, -0.25) is 19.3 Å². The number of ether oxygens (including phenoxy) is 1. The third-order valence-electron chi connectivity index (χ3n) is 4.60. The van der Waals surface area contributed by atoms with E-state index in [1.807, 2.05) is 0 Å². The number of nitrogens with one attached hydrogen (secondary N) is 3. The van der Waals surface area contributed by atoms with Crippen molar-refractivity contribution in [2.75, 3.05) is 25.1 Å². The Labute approximate surface area is 189 Å². The first-order valence-corrected chi connectivity index (χ1v) is 11.1. The Morgan fingerprint density at radius 1 is 1.41 bits per heavy atom. The lowest BCUT2D eigenvalue weighted by molar-refractivity contribution is -0.151. The highest BCUT2D eigenvalue weighted by Gasteiger charge is 2.54. The van der Waals surface area contributed by atoms with Gasteiger partial charge < -0.3 is 31.5 Å². The van der Waals surface area contributed by atoms with Crippen molar-refractivity contribution in [3.05, 3.63) is 22.3 Å². The van der Waals surface area contributed by atoms with E-state index in [2.05, 4.69) is 20.9 Å². The highest BCUT2D eigenvalue weighted by molar-refractivity contribution is 8.00. The van der Waals surface area contributed by atoms with Crippen LogP contribution in [0.15, 0.2) is 16.7 Å². The van der Waals surface area contributed by atoms with E-state index in [9.17, 15) is 29.1 Å². The van der Waals surface area contributed by atoms with Crippen molar-refractivity contribution >= 4 is 58.0 Å². The predicted molar refractivity (Wildman–Crippen MR) is 113 cm³/mol. The Morgan fingerprint density at radius 3 is 2.69 bits per heavy atom.